The fraction of sp³-hybridized carbons (Fsp3) is 0.500. The monoisotopic (exact) mass is 265 g/mol. The number of alkyl halides is 2. The van der Waals surface area contributed by atoms with E-state index in [-0.39, 0.29) is 5.56 Å². The van der Waals surface area contributed by atoms with E-state index in [1.807, 2.05) is 0 Å². The van der Waals surface area contributed by atoms with Crippen LogP contribution in [0.5, 0.6) is 0 Å². The molecule has 1 aromatic carbocycles. The van der Waals surface area contributed by atoms with Crippen LogP contribution in [-0.4, -0.2) is 23.7 Å². The third kappa shape index (κ3) is 3.20. The Kier molecular flexibility index (Phi) is 4.70. The van der Waals surface area contributed by atoms with Crippen LogP contribution >= 0.6 is 0 Å². The Labute approximate surface area is 102 Å². The van der Waals surface area contributed by atoms with Crippen LogP contribution in [0.15, 0.2) is 18.2 Å². The zero-order valence-electron chi connectivity index (χ0n) is 9.84. The van der Waals surface area contributed by atoms with Crippen LogP contribution in [-0.2, 0) is 0 Å². The predicted molar refractivity (Wildman–Crippen MR) is 59.4 cm³/mol. The number of halogens is 4. The Bertz CT molecular complexity index is 391. The smallest absolute Gasteiger partial charge is 0.256 e. The maximum absolute atomic E-state index is 13.8. The third-order valence-electron chi connectivity index (χ3n) is 2.81. The number of aliphatic hydroxyl groups excluding tert-OH is 1. The highest BCUT2D eigenvalue weighted by molar-refractivity contribution is 5.26. The van der Waals surface area contributed by atoms with Gasteiger partial charge in [0.1, 0.15) is 11.6 Å². The Hall–Kier alpha value is -1.14. The highest BCUT2D eigenvalue weighted by atomic mass is 19.3. The first-order valence-electron chi connectivity index (χ1n) is 5.52. The van der Waals surface area contributed by atoms with Crippen LogP contribution in [0.1, 0.15) is 24.8 Å². The van der Waals surface area contributed by atoms with E-state index in [0.717, 1.165) is 12.1 Å². The molecular weight excluding hydrogens is 250 g/mol. The van der Waals surface area contributed by atoms with Gasteiger partial charge in [0, 0.05) is 18.5 Å². The molecule has 0 fully saturated rings. The number of nitrogens with two attached hydrogens (primary N) is 1. The lowest BCUT2D eigenvalue weighted by Gasteiger charge is -2.30. The summed E-state index contributed by atoms with van der Waals surface area (Å²) < 4.78 is 53.7. The number of benzene rings is 1. The minimum atomic E-state index is -3.25. The summed E-state index contributed by atoms with van der Waals surface area (Å²) in [5.41, 5.74) is 5.19. The summed E-state index contributed by atoms with van der Waals surface area (Å²) in [6.45, 7) is 0.547. The SMILES string of the molecule is CCC(F)(F)[C@H](c1cc(F)cc(F)c1)[C@H](N)CO. The standard InChI is InChI=1S/C12H15F4NO/c1-2-12(15,16)11(10(17)6-18)7-3-8(13)5-9(14)4-7/h3-5,10-11,18H,2,6,17H2,1H3/t10-,11-/m1/s1. The molecule has 18 heavy (non-hydrogen) atoms. The molecule has 0 aliphatic rings. The summed E-state index contributed by atoms with van der Waals surface area (Å²) in [6.07, 6.45) is -0.538. The van der Waals surface area contributed by atoms with E-state index in [2.05, 4.69) is 0 Å². The van der Waals surface area contributed by atoms with Gasteiger partial charge in [0.05, 0.1) is 12.5 Å². The fourth-order valence-electron chi connectivity index (χ4n) is 1.88. The van der Waals surface area contributed by atoms with Crippen LogP contribution in [0, 0.1) is 11.6 Å². The largest absolute Gasteiger partial charge is 0.395 e. The van der Waals surface area contributed by atoms with Crippen molar-refractivity contribution < 1.29 is 22.7 Å². The van der Waals surface area contributed by atoms with Gasteiger partial charge in [0.25, 0.3) is 5.92 Å². The van der Waals surface area contributed by atoms with Crippen LogP contribution in [0.3, 0.4) is 0 Å². The number of rotatable bonds is 5. The molecule has 102 valence electrons. The van der Waals surface area contributed by atoms with Crippen LogP contribution in [0.2, 0.25) is 0 Å². The van der Waals surface area contributed by atoms with Gasteiger partial charge in [0.15, 0.2) is 0 Å². The molecule has 0 aliphatic carbocycles. The molecule has 2 atom stereocenters. The van der Waals surface area contributed by atoms with Crippen molar-refractivity contribution in [3.63, 3.8) is 0 Å². The molecule has 0 aliphatic heterocycles. The highest BCUT2D eigenvalue weighted by Gasteiger charge is 2.42. The topological polar surface area (TPSA) is 46.2 Å². The minimum Gasteiger partial charge on any atom is -0.395 e. The number of hydrogen-bond donors (Lipinski definition) is 2. The van der Waals surface area contributed by atoms with Crippen LogP contribution < -0.4 is 5.73 Å². The molecule has 6 heteroatoms. The van der Waals surface area contributed by atoms with Gasteiger partial charge in [0.2, 0.25) is 0 Å². The Balaban J connectivity index is 3.25. The Morgan fingerprint density at radius 2 is 1.72 bits per heavy atom. The Morgan fingerprint density at radius 3 is 2.11 bits per heavy atom. The summed E-state index contributed by atoms with van der Waals surface area (Å²) in [7, 11) is 0. The molecule has 0 saturated heterocycles. The molecule has 0 heterocycles. The second kappa shape index (κ2) is 5.67. The molecule has 0 radical (unpaired) electrons. The Morgan fingerprint density at radius 1 is 1.22 bits per heavy atom. The summed E-state index contributed by atoms with van der Waals surface area (Å²) in [4.78, 5) is 0. The second-order valence-corrected chi connectivity index (χ2v) is 4.14. The average Bonchev–Trinajstić information content (AvgIpc) is 2.27. The van der Waals surface area contributed by atoms with E-state index < -0.39 is 42.5 Å². The number of aliphatic hydroxyl groups is 1. The van der Waals surface area contributed by atoms with E-state index in [1.54, 1.807) is 0 Å². The van der Waals surface area contributed by atoms with Gasteiger partial charge in [-0.05, 0) is 17.7 Å². The third-order valence-corrected chi connectivity index (χ3v) is 2.81. The van der Waals surface area contributed by atoms with Crippen molar-refractivity contribution in [3.05, 3.63) is 35.4 Å². The second-order valence-electron chi connectivity index (χ2n) is 4.14. The number of hydrogen-bond acceptors (Lipinski definition) is 2. The van der Waals surface area contributed by atoms with E-state index >= 15 is 0 Å². The van der Waals surface area contributed by atoms with Crippen molar-refractivity contribution >= 4 is 0 Å². The zero-order valence-corrected chi connectivity index (χ0v) is 9.84. The van der Waals surface area contributed by atoms with Gasteiger partial charge in [-0.1, -0.05) is 6.92 Å². The zero-order chi connectivity index (χ0) is 13.9. The molecule has 1 aromatic rings. The maximum atomic E-state index is 13.8. The van der Waals surface area contributed by atoms with Crippen molar-refractivity contribution in [3.8, 4) is 0 Å². The molecule has 0 saturated carbocycles. The average molecular weight is 265 g/mol. The molecule has 0 spiro atoms. The van der Waals surface area contributed by atoms with Crippen molar-refractivity contribution in [1.82, 2.24) is 0 Å². The van der Waals surface area contributed by atoms with Gasteiger partial charge >= 0.3 is 0 Å². The summed E-state index contributed by atoms with van der Waals surface area (Å²) >= 11 is 0. The van der Waals surface area contributed by atoms with Crippen molar-refractivity contribution in [2.24, 2.45) is 5.73 Å². The van der Waals surface area contributed by atoms with Crippen molar-refractivity contribution in [1.29, 1.82) is 0 Å². The molecule has 0 bridgehead atoms. The molecule has 0 aromatic heterocycles. The highest BCUT2D eigenvalue weighted by Crippen LogP contribution is 2.38. The predicted octanol–water partition coefficient (Wildman–Crippen LogP) is 2.41. The summed E-state index contributed by atoms with van der Waals surface area (Å²) in [5.74, 6) is -6.78. The van der Waals surface area contributed by atoms with Gasteiger partial charge in [-0.2, -0.15) is 0 Å². The lowest BCUT2D eigenvalue weighted by molar-refractivity contribution is -0.0437. The molecular formula is C12H15F4NO. The fourth-order valence-corrected chi connectivity index (χ4v) is 1.88. The minimum absolute atomic E-state index is 0.249. The van der Waals surface area contributed by atoms with Gasteiger partial charge < -0.3 is 10.8 Å². The van der Waals surface area contributed by atoms with Crippen molar-refractivity contribution in [2.75, 3.05) is 6.61 Å². The molecule has 3 N–H and O–H groups in total. The molecule has 1 rings (SSSR count). The van der Waals surface area contributed by atoms with Crippen LogP contribution in [0.4, 0.5) is 17.6 Å². The first-order valence-corrected chi connectivity index (χ1v) is 5.52. The van der Waals surface area contributed by atoms with E-state index in [1.165, 1.54) is 6.92 Å². The maximum Gasteiger partial charge on any atom is 0.256 e. The first-order chi connectivity index (χ1) is 8.31. The lowest BCUT2D eigenvalue weighted by Crippen LogP contribution is -2.42. The first kappa shape index (κ1) is 14.9. The van der Waals surface area contributed by atoms with Gasteiger partial charge in [-0.3, -0.25) is 0 Å². The van der Waals surface area contributed by atoms with E-state index in [9.17, 15) is 17.6 Å². The van der Waals surface area contributed by atoms with Crippen molar-refractivity contribution in [2.45, 2.75) is 31.2 Å². The normalized spacial score (nSPS) is 15.5. The molecule has 2 nitrogen and oxygen atoms in total. The lowest BCUT2D eigenvalue weighted by atomic mass is 9.85. The van der Waals surface area contributed by atoms with Crippen LogP contribution in [0.25, 0.3) is 0 Å². The van der Waals surface area contributed by atoms with Gasteiger partial charge in [-0.15, -0.1) is 0 Å². The summed E-state index contributed by atoms with van der Waals surface area (Å²) in [5, 5.41) is 8.92. The van der Waals surface area contributed by atoms with Gasteiger partial charge in [-0.25, -0.2) is 17.6 Å². The summed E-state index contributed by atoms with van der Waals surface area (Å²) in [6, 6.07) is 0.926. The van der Waals surface area contributed by atoms with E-state index in [4.69, 9.17) is 10.8 Å². The van der Waals surface area contributed by atoms with E-state index in [0.29, 0.717) is 6.07 Å². The molecule has 0 unspecified atom stereocenters. The quantitative estimate of drug-likeness (QED) is 0.803. The molecule has 0 amide bonds.